The summed E-state index contributed by atoms with van der Waals surface area (Å²) in [7, 11) is 1.76. The minimum absolute atomic E-state index is 0.692. The molecular weight excluding hydrogens is 198 g/mol. The Bertz CT molecular complexity index is 318. The van der Waals surface area contributed by atoms with Crippen LogP contribution in [-0.4, -0.2) is 26.3 Å². The summed E-state index contributed by atoms with van der Waals surface area (Å²) in [6.45, 7) is 2.00. The van der Waals surface area contributed by atoms with Crippen LogP contribution < -0.4 is 5.32 Å². The zero-order valence-corrected chi connectivity index (χ0v) is 10.0. The minimum atomic E-state index is 0.692. The van der Waals surface area contributed by atoms with Crippen molar-refractivity contribution in [3.05, 3.63) is 35.4 Å². The van der Waals surface area contributed by atoms with Gasteiger partial charge in [-0.25, -0.2) is 0 Å². The molecule has 1 atom stereocenters. The van der Waals surface area contributed by atoms with Crippen molar-refractivity contribution in [3.8, 4) is 0 Å². The maximum absolute atomic E-state index is 5.11. The lowest BCUT2D eigenvalue weighted by molar-refractivity contribution is 0.202. The molecule has 1 heterocycles. The quantitative estimate of drug-likeness (QED) is 0.819. The van der Waals surface area contributed by atoms with Crippen molar-refractivity contribution in [3.63, 3.8) is 0 Å². The maximum atomic E-state index is 5.11. The highest BCUT2D eigenvalue weighted by molar-refractivity contribution is 5.24. The average molecular weight is 219 g/mol. The molecule has 0 bridgehead atoms. The fourth-order valence-electron chi connectivity index (χ4n) is 2.35. The van der Waals surface area contributed by atoms with E-state index < -0.39 is 0 Å². The van der Waals surface area contributed by atoms with E-state index in [2.05, 4.69) is 29.6 Å². The summed E-state index contributed by atoms with van der Waals surface area (Å²) >= 11 is 0. The monoisotopic (exact) mass is 219 g/mol. The Morgan fingerprint density at radius 1 is 1.38 bits per heavy atom. The maximum Gasteiger partial charge on any atom is 0.0502 e. The Balaban J connectivity index is 1.92. The van der Waals surface area contributed by atoms with Gasteiger partial charge in [-0.1, -0.05) is 24.3 Å². The Kier molecular flexibility index (Phi) is 4.37. The van der Waals surface area contributed by atoms with Gasteiger partial charge in [0.05, 0.1) is 6.61 Å². The van der Waals surface area contributed by atoms with Gasteiger partial charge in [0.1, 0.15) is 0 Å². The number of hydrogen-bond acceptors (Lipinski definition) is 2. The van der Waals surface area contributed by atoms with Gasteiger partial charge in [0.2, 0.25) is 0 Å². The average Bonchev–Trinajstić information content (AvgIpc) is 2.80. The van der Waals surface area contributed by atoms with Crippen LogP contribution in [0.1, 0.15) is 24.0 Å². The third-order valence-electron chi connectivity index (χ3n) is 3.23. The molecule has 0 aliphatic carbocycles. The van der Waals surface area contributed by atoms with Crippen molar-refractivity contribution in [2.75, 3.05) is 20.3 Å². The molecule has 1 saturated heterocycles. The number of rotatable bonds is 5. The van der Waals surface area contributed by atoms with Crippen molar-refractivity contribution in [2.24, 2.45) is 0 Å². The first-order valence-corrected chi connectivity index (χ1v) is 6.18. The molecule has 1 N–H and O–H groups in total. The summed E-state index contributed by atoms with van der Waals surface area (Å²) in [5.41, 5.74) is 2.84. The molecule has 1 aliphatic heterocycles. The predicted octanol–water partition coefficient (Wildman–Crippen LogP) is 2.17. The highest BCUT2D eigenvalue weighted by atomic mass is 16.5. The third-order valence-corrected chi connectivity index (χ3v) is 3.23. The molecule has 16 heavy (non-hydrogen) atoms. The molecule has 88 valence electrons. The van der Waals surface area contributed by atoms with Crippen LogP contribution in [0.25, 0.3) is 0 Å². The molecule has 1 aromatic carbocycles. The van der Waals surface area contributed by atoms with E-state index in [0.717, 1.165) is 13.0 Å². The standard InChI is InChI=1S/C14H21NO/c1-16-9-7-12-4-2-5-13(10-12)11-14-6-3-8-15-14/h2,4-5,10,14-15H,3,6-9,11H2,1H3. The highest BCUT2D eigenvalue weighted by Gasteiger charge is 2.14. The number of methoxy groups -OCH3 is 1. The van der Waals surface area contributed by atoms with E-state index in [0.29, 0.717) is 6.04 Å². The molecular formula is C14H21NO. The van der Waals surface area contributed by atoms with E-state index in [1.807, 2.05) is 0 Å². The van der Waals surface area contributed by atoms with Gasteiger partial charge in [0.25, 0.3) is 0 Å². The second-order valence-corrected chi connectivity index (χ2v) is 4.56. The van der Waals surface area contributed by atoms with Crippen LogP contribution in [0.15, 0.2) is 24.3 Å². The topological polar surface area (TPSA) is 21.3 Å². The van der Waals surface area contributed by atoms with Crippen molar-refractivity contribution >= 4 is 0 Å². The molecule has 1 unspecified atom stereocenters. The van der Waals surface area contributed by atoms with E-state index in [1.165, 1.54) is 36.9 Å². The van der Waals surface area contributed by atoms with E-state index in [-0.39, 0.29) is 0 Å². The van der Waals surface area contributed by atoms with Crippen LogP contribution in [0.3, 0.4) is 0 Å². The second kappa shape index (κ2) is 6.02. The molecule has 2 nitrogen and oxygen atoms in total. The van der Waals surface area contributed by atoms with Gasteiger partial charge in [0, 0.05) is 13.2 Å². The lowest BCUT2D eigenvalue weighted by atomic mass is 10.0. The summed E-state index contributed by atoms with van der Waals surface area (Å²) in [5.74, 6) is 0. The number of benzene rings is 1. The molecule has 0 radical (unpaired) electrons. The smallest absolute Gasteiger partial charge is 0.0502 e. The number of nitrogens with one attached hydrogen (secondary N) is 1. The highest BCUT2D eigenvalue weighted by Crippen LogP contribution is 2.13. The van der Waals surface area contributed by atoms with Gasteiger partial charge in [-0.2, -0.15) is 0 Å². The van der Waals surface area contributed by atoms with Crippen LogP contribution in [0.4, 0.5) is 0 Å². The van der Waals surface area contributed by atoms with Crippen LogP contribution in [0, 0.1) is 0 Å². The Hall–Kier alpha value is -0.860. The molecule has 0 saturated carbocycles. The largest absolute Gasteiger partial charge is 0.384 e. The summed E-state index contributed by atoms with van der Waals surface area (Å²) in [6.07, 6.45) is 4.83. The third kappa shape index (κ3) is 3.32. The van der Waals surface area contributed by atoms with Crippen molar-refractivity contribution in [2.45, 2.75) is 31.7 Å². The number of ether oxygens (including phenoxy) is 1. The van der Waals surface area contributed by atoms with Gasteiger partial charge < -0.3 is 10.1 Å². The van der Waals surface area contributed by atoms with Gasteiger partial charge in [-0.05, 0) is 43.4 Å². The first-order valence-electron chi connectivity index (χ1n) is 6.18. The normalized spacial score (nSPS) is 20.2. The van der Waals surface area contributed by atoms with Crippen LogP contribution in [0.2, 0.25) is 0 Å². The van der Waals surface area contributed by atoms with Gasteiger partial charge in [0.15, 0.2) is 0 Å². The zero-order valence-electron chi connectivity index (χ0n) is 10.0. The van der Waals surface area contributed by atoms with Gasteiger partial charge in [-0.3, -0.25) is 0 Å². The van der Waals surface area contributed by atoms with Gasteiger partial charge >= 0.3 is 0 Å². The van der Waals surface area contributed by atoms with E-state index in [1.54, 1.807) is 7.11 Å². The molecule has 2 rings (SSSR count). The van der Waals surface area contributed by atoms with Crippen molar-refractivity contribution in [1.82, 2.24) is 5.32 Å². The summed E-state index contributed by atoms with van der Waals surface area (Å²) < 4.78 is 5.11. The molecule has 0 aromatic heterocycles. The first kappa shape index (κ1) is 11.6. The molecule has 1 aliphatic rings. The lowest BCUT2D eigenvalue weighted by Gasteiger charge is -2.11. The summed E-state index contributed by atoms with van der Waals surface area (Å²) in [4.78, 5) is 0. The zero-order chi connectivity index (χ0) is 11.2. The van der Waals surface area contributed by atoms with Crippen LogP contribution in [0.5, 0.6) is 0 Å². The summed E-state index contributed by atoms with van der Waals surface area (Å²) in [5, 5.41) is 3.54. The van der Waals surface area contributed by atoms with E-state index >= 15 is 0 Å². The van der Waals surface area contributed by atoms with Crippen LogP contribution in [-0.2, 0) is 17.6 Å². The fraction of sp³-hybridized carbons (Fsp3) is 0.571. The minimum Gasteiger partial charge on any atom is -0.384 e. The summed E-state index contributed by atoms with van der Waals surface area (Å²) in [6, 6.07) is 9.59. The number of hydrogen-bond donors (Lipinski definition) is 1. The van der Waals surface area contributed by atoms with Crippen LogP contribution >= 0.6 is 0 Å². The second-order valence-electron chi connectivity index (χ2n) is 4.56. The Labute approximate surface area is 98.0 Å². The predicted molar refractivity (Wildman–Crippen MR) is 66.8 cm³/mol. The molecule has 0 spiro atoms. The molecule has 0 amide bonds. The van der Waals surface area contributed by atoms with E-state index in [9.17, 15) is 0 Å². The Morgan fingerprint density at radius 3 is 3.00 bits per heavy atom. The van der Waals surface area contributed by atoms with Gasteiger partial charge in [-0.15, -0.1) is 0 Å². The molecule has 1 aromatic rings. The van der Waals surface area contributed by atoms with Crippen molar-refractivity contribution < 1.29 is 4.74 Å². The van der Waals surface area contributed by atoms with E-state index in [4.69, 9.17) is 4.74 Å². The Morgan fingerprint density at radius 2 is 2.25 bits per heavy atom. The first-order chi connectivity index (χ1) is 7.88. The SMILES string of the molecule is COCCc1cccc(CC2CCCN2)c1. The molecule has 2 heteroatoms. The van der Waals surface area contributed by atoms with Crippen molar-refractivity contribution in [1.29, 1.82) is 0 Å². The molecule has 1 fully saturated rings. The lowest BCUT2D eigenvalue weighted by Crippen LogP contribution is -2.23. The fourth-order valence-corrected chi connectivity index (χ4v) is 2.35.